The number of ether oxygens (including phenoxy) is 2. The second kappa shape index (κ2) is 10.7. The zero-order chi connectivity index (χ0) is 24.7. The van der Waals surface area contributed by atoms with Gasteiger partial charge in [-0.15, -0.1) is 0 Å². The van der Waals surface area contributed by atoms with Gasteiger partial charge in [0.1, 0.15) is 22.8 Å². The van der Waals surface area contributed by atoms with E-state index in [4.69, 9.17) is 9.84 Å². The largest absolute Gasteiger partial charge is 0.506 e. The van der Waals surface area contributed by atoms with E-state index in [1.165, 1.54) is 0 Å². The molecule has 0 aliphatic heterocycles. The van der Waals surface area contributed by atoms with E-state index >= 15 is 0 Å². The maximum atomic E-state index is 13.4. The molecule has 32 heavy (non-hydrogen) atoms. The second-order valence-electron chi connectivity index (χ2n) is 5.80. The lowest BCUT2D eigenvalue weighted by atomic mass is 10.0. The Labute approximate surface area is 176 Å². The number of aliphatic hydroxyl groups is 1. The first kappa shape index (κ1) is 26.5. The van der Waals surface area contributed by atoms with Crippen LogP contribution in [0.4, 0.5) is 42.5 Å². The molecule has 2 rings (SSSR count). The maximum Gasteiger partial charge on any atom is 0.420 e. The molecule has 0 atom stereocenters. The number of aromatic hydroxyl groups is 1. The van der Waals surface area contributed by atoms with E-state index in [2.05, 4.69) is 10.1 Å². The van der Waals surface area contributed by atoms with Crippen LogP contribution in [0.25, 0.3) is 0 Å². The van der Waals surface area contributed by atoms with Gasteiger partial charge in [0, 0.05) is 41.0 Å². The van der Waals surface area contributed by atoms with Crippen molar-refractivity contribution in [1.82, 2.24) is 0 Å². The van der Waals surface area contributed by atoms with Crippen molar-refractivity contribution in [1.29, 1.82) is 0 Å². The molecule has 0 spiro atoms. The van der Waals surface area contributed by atoms with Crippen molar-refractivity contribution in [2.75, 3.05) is 19.5 Å². The van der Waals surface area contributed by atoms with Crippen LogP contribution in [0.5, 0.6) is 17.2 Å². The van der Waals surface area contributed by atoms with Crippen molar-refractivity contribution in [3.05, 3.63) is 46.4 Å². The van der Waals surface area contributed by atoms with Gasteiger partial charge >= 0.3 is 18.4 Å². The van der Waals surface area contributed by atoms with Crippen LogP contribution in [0.2, 0.25) is 0 Å². The monoisotopic (exact) mass is 471 g/mol. The summed E-state index contributed by atoms with van der Waals surface area (Å²) in [6, 6.07) is 3.67. The Morgan fingerprint density at radius 1 is 1.09 bits per heavy atom. The average Bonchev–Trinajstić information content (AvgIpc) is 2.70. The molecule has 2 aromatic rings. The molecule has 0 fully saturated rings. The zero-order valence-corrected chi connectivity index (χ0v) is 16.4. The van der Waals surface area contributed by atoms with Gasteiger partial charge in [-0.3, -0.25) is 5.32 Å². The van der Waals surface area contributed by atoms with E-state index in [9.17, 15) is 41.2 Å². The fraction of sp³-hybridized carbons (Fsp3) is 0.278. The molecule has 4 N–H and O–H groups in total. The van der Waals surface area contributed by atoms with E-state index in [1.54, 1.807) is 0 Å². The summed E-state index contributed by atoms with van der Waals surface area (Å²) >= 11 is 0. The third kappa shape index (κ3) is 7.30. The number of nitroso groups, excluding NO2 is 1. The number of halogens is 6. The molecule has 0 aliphatic rings. The van der Waals surface area contributed by atoms with E-state index in [0.29, 0.717) is 12.1 Å². The first-order valence-electron chi connectivity index (χ1n) is 8.33. The molecule has 0 heterocycles. The highest BCUT2D eigenvalue weighted by molar-refractivity contribution is 5.86. The molecule has 0 aromatic heterocycles. The Bertz CT molecular complexity index is 962. The minimum Gasteiger partial charge on any atom is -0.506 e. The summed E-state index contributed by atoms with van der Waals surface area (Å²) in [6.07, 6.45) is -12.9. The first-order chi connectivity index (χ1) is 14.8. The minimum absolute atomic E-state index is 0.302. The summed E-state index contributed by atoms with van der Waals surface area (Å²) in [5.74, 6) is -2.13. The SMILES string of the molecule is CO.COC(=O)Nc1cc(Oc2c(CC(F)(F)F)cc([NH+]=O)cc2C(F)(F)F)ccc1O. The standard InChI is InChI=1S/C17H12F6N2O5.CH4O/c1-29-15(27)24-12-6-10(2-3-13(12)26)30-14-8(7-16(18,19)20)4-9(25-28)5-11(14)17(21,22)23;1-2/h2-6,26H,7H2,1H3,(H,24,27);2H,1H3/p+1. The van der Waals surface area contributed by atoms with Crippen LogP contribution in [0.3, 0.4) is 0 Å². The number of hydrogen-bond donors (Lipinski definition) is 4. The number of benzene rings is 2. The summed E-state index contributed by atoms with van der Waals surface area (Å²) in [5.41, 5.74) is -3.65. The summed E-state index contributed by atoms with van der Waals surface area (Å²) in [5, 5.41) is 19.9. The van der Waals surface area contributed by atoms with E-state index in [-0.39, 0.29) is 5.69 Å². The summed E-state index contributed by atoms with van der Waals surface area (Å²) in [7, 11) is 2.01. The van der Waals surface area contributed by atoms with Gasteiger partial charge in [-0.2, -0.15) is 26.3 Å². The van der Waals surface area contributed by atoms with Crippen molar-refractivity contribution >= 4 is 17.5 Å². The molecule has 0 bridgehead atoms. The number of methoxy groups -OCH3 is 1. The summed E-state index contributed by atoms with van der Waals surface area (Å²) in [4.78, 5) is 22.1. The second-order valence-corrected chi connectivity index (χ2v) is 5.80. The van der Waals surface area contributed by atoms with Gasteiger partial charge < -0.3 is 19.7 Å². The molecule has 176 valence electrons. The molecule has 0 unspecified atom stereocenters. The third-order valence-corrected chi connectivity index (χ3v) is 3.59. The lowest BCUT2D eigenvalue weighted by molar-refractivity contribution is -0.379. The first-order valence-corrected chi connectivity index (χ1v) is 8.33. The van der Waals surface area contributed by atoms with Crippen molar-refractivity contribution in [3.63, 3.8) is 0 Å². The third-order valence-electron chi connectivity index (χ3n) is 3.59. The predicted octanol–water partition coefficient (Wildman–Crippen LogP) is 3.57. The van der Waals surface area contributed by atoms with Crippen LogP contribution in [0, 0.1) is 4.91 Å². The minimum atomic E-state index is -5.16. The van der Waals surface area contributed by atoms with Crippen molar-refractivity contribution in [3.8, 4) is 17.2 Å². The number of carbonyl (C=O) groups excluding carboxylic acids is 1. The van der Waals surface area contributed by atoms with Gasteiger partial charge in [0.25, 0.3) is 5.69 Å². The number of anilines is 1. The lowest BCUT2D eigenvalue weighted by Crippen LogP contribution is -2.55. The van der Waals surface area contributed by atoms with Crippen LogP contribution in [-0.4, -0.2) is 36.7 Å². The Balaban J connectivity index is 0.00000249. The predicted molar refractivity (Wildman–Crippen MR) is 97.5 cm³/mol. The normalized spacial score (nSPS) is 11.2. The molecule has 0 saturated heterocycles. The van der Waals surface area contributed by atoms with Crippen LogP contribution in [-0.2, 0) is 17.3 Å². The molecule has 0 saturated carbocycles. The van der Waals surface area contributed by atoms with Gasteiger partial charge in [0.05, 0.1) is 19.2 Å². The zero-order valence-electron chi connectivity index (χ0n) is 16.4. The number of alkyl halides is 6. The van der Waals surface area contributed by atoms with Crippen molar-refractivity contribution in [2.45, 2.75) is 18.8 Å². The van der Waals surface area contributed by atoms with Gasteiger partial charge in [0.2, 0.25) is 0 Å². The number of phenolic OH excluding ortho intramolecular Hbond substituents is 1. The fourth-order valence-corrected chi connectivity index (χ4v) is 2.38. The van der Waals surface area contributed by atoms with Crippen molar-refractivity contribution in [2.24, 2.45) is 0 Å². The number of carbonyl (C=O) groups is 1. The number of nitrogens with one attached hydrogen (secondary N) is 2. The number of aliphatic hydroxyl groups excluding tert-OH is 1. The molecule has 0 aliphatic carbocycles. The molecular weight excluding hydrogens is 454 g/mol. The topological polar surface area (TPSA) is 119 Å². The van der Waals surface area contributed by atoms with E-state index in [1.807, 2.05) is 0 Å². The van der Waals surface area contributed by atoms with Gasteiger partial charge in [-0.05, 0) is 12.1 Å². The summed E-state index contributed by atoms with van der Waals surface area (Å²) < 4.78 is 88.4. The van der Waals surface area contributed by atoms with E-state index in [0.717, 1.165) is 37.6 Å². The van der Waals surface area contributed by atoms with Gasteiger partial charge in [0.15, 0.2) is 0 Å². The Morgan fingerprint density at radius 2 is 1.72 bits per heavy atom. The number of phenols is 1. The highest BCUT2D eigenvalue weighted by Gasteiger charge is 2.40. The van der Waals surface area contributed by atoms with Gasteiger partial charge in [-0.1, -0.05) is 0 Å². The van der Waals surface area contributed by atoms with Gasteiger partial charge in [-0.25, -0.2) is 4.79 Å². The number of rotatable bonds is 5. The van der Waals surface area contributed by atoms with Crippen molar-refractivity contribution < 1.29 is 56.0 Å². The highest BCUT2D eigenvalue weighted by Crippen LogP contribution is 2.43. The molecule has 8 nitrogen and oxygen atoms in total. The maximum absolute atomic E-state index is 13.4. The molecule has 14 heteroatoms. The Morgan fingerprint density at radius 3 is 2.22 bits per heavy atom. The van der Waals surface area contributed by atoms with Crippen LogP contribution >= 0.6 is 0 Å². The summed E-state index contributed by atoms with van der Waals surface area (Å²) in [6.45, 7) is 0. The quantitative estimate of drug-likeness (QED) is 0.391. The van der Waals surface area contributed by atoms with Crippen LogP contribution < -0.4 is 15.2 Å². The molecule has 2 aromatic carbocycles. The highest BCUT2D eigenvalue weighted by atomic mass is 19.4. The molecule has 0 radical (unpaired) electrons. The molecule has 1 amide bonds. The fourth-order valence-electron chi connectivity index (χ4n) is 2.38. The number of hydrogen-bond acceptors (Lipinski definition) is 6. The lowest BCUT2D eigenvalue weighted by Gasteiger charge is -2.18. The Hall–Kier alpha value is -3.55. The molecular formula is C18H17F6N2O6+. The van der Waals surface area contributed by atoms with Crippen LogP contribution in [0.1, 0.15) is 11.1 Å². The van der Waals surface area contributed by atoms with Crippen LogP contribution in [0.15, 0.2) is 30.3 Å². The Kier molecular flexibility index (Phi) is 8.82. The van der Waals surface area contributed by atoms with E-state index < -0.39 is 58.9 Å². The number of amides is 1. The smallest absolute Gasteiger partial charge is 0.420 e. The average molecular weight is 471 g/mol.